The van der Waals surface area contributed by atoms with Crippen LogP contribution in [0, 0.1) is 5.41 Å². The van der Waals surface area contributed by atoms with Crippen LogP contribution in [0.1, 0.15) is 84.0 Å². The van der Waals surface area contributed by atoms with Crippen molar-refractivity contribution in [2.45, 2.75) is 90.1 Å². The van der Waals surface area contributed by atoms with Crippen molar-refractivity contribution in [1.29, 1.82) is 0 Å². The molecule has 1 unspecified atom stereocenters. The molecular formula is C20H42O4S. The van der Waals surface area contributed by atoms with E-state index in [0.717, 1.165) is 17.9 Å². The minimum atomic E-state index is -1.17. The van der Waals surface area contributed by atoms with Gasteiger partial charge in [0.05, 0.1) is 31.3 Å². The van der Waals surface area contributed by atoms with Crippen LogP contribution in [-0.2, 0) is 0 Å². The summed E-state index contributed by atoms with van der Waals surface area (Å²) in [5, 5.41) is 37.9. The highest BCUT2D eigenvalue weighted by Gasteiger charge is 2.36. The number of hydrogen-bond acceptors (Lipinski definition) is 5. The fourth-order valence-corrected chi connectivity index (χ4v) is 3.93. The lowest BCUT2D eigenvalue weighted by Crippen LogP contribution is -2.45. The molecule has 1 atom stereocenters. The summed E-state index contributed by atoms with van der Waals surface area (Å²) < 4.78 is 0. The average molecular weight is 379 g/mol. The van der Waals surface area contributed by atoms with Crippen molar-refractivity contribution < 1.29 is 20.4 Å². The predicted octanol–water partition coefficient (Wildman–Crippen LogP) is 3.74. The molecule has 0 bridgehead atoms. The molecule has 0 amide bonds. The summed E-state index contributed by atoms with van der Waals surface area (Å²) >= 11 is 1.91. The van der Waals surface area contributed by atoms with E-state index in [0.29, 0.717) is 6.42 Å². The van der Waals surface area contributed by atoms with E-state index in [9.17, 15) is 20.4 Å². The Morgan fingerprint density at radius 1 is 0.680 bits per heavy atom. The Balaban J connectivity index is 3.39. The number of rotatable bonds is 19. The second kappa shape index (κ2) is 17.6. The summed E-state index contributed by atoms with van der Waals surface area (Å²) in [5.74, 6) is 2.14. The summed E-state index contributed by atoms with van der Waals surface area (Å²) in [5.41, 5.74) is -1.17. The summed E-state index contributed by atoms with van der Waals surface area (Å²) in [6, 6.07) is 0. The standard InChI is InChI=1S/C20H42O4S/c1-2-3-4-5-6-7-8-9-10-11-14-25-15-12-13-19(24)20(16-21,17-22)18-23/h19,21-24H,2-18H2,1H3. The zero-order chi connectivity index (χ0) is 18.8. The lowest BCUT2D eigenvalue weighted by molar-refractivity contribution is -0.0856. The Bertz CT molecular complexity index is 264. The average Bonchev–Trinajstić information content (AvgIpc) is 2.64. The third-order valence-electron chi connectivity index (χ3n) is 5.06. The first-order chi connectivity index (χ1) is 12.2. The van der Waals surface area contributed by atoms with Crippen molar-refractivity contribution in [1.82, 2.24) is 0 Å². The SMILES string of the molecule is CCCCCCCCCCCCSCCCC(O)C(CO)(CO)CO. The molecule has 0 aromatic rings. The third-order valence-corrected chi connectivity index (χ3v) is 6.21. The minimum absolute atomic E-state index is 0.396. The van der Waals surface area contributed by atoms with Gasteiger partial charge in [0, 0.05) is 0 Å². The molecule has 4 nitrogen and oxygen atoms in total. The second-order valence-corrected chi connectivity index (χ2v) is 8.51. The normalized spacial score (nSPS) is 13.3. The maximum atomic E-state index is 10.1. The van der Waals surface area contributed by atoms with Gasteiger partial charge in [-0.1, -0.05) is 64.7 Å². The van der Waals surface area contributed by atoms with E-state index in [4.69, 9.17) is 0 Å². The van der Waals surface area contributed by atoms with Gasteiger partial charge in [-0.05, 0) is 30.8 Å². The van der Waals surface area contributed by atoms with Crippen molar-refractivity contribution in [3.8, 4) is 0 Å². The monoisotopic (exact) mass is 378 g/mol. The van der Waals surface area contributed by atoms with E-state index in [2.05, 4.69) is 6.92 Å². The van der Waals surface area contributed by atoms with Gasteiger partial charge in [-0.2, -0.15) is 11.8 Å². The van der Waals surface area contributed by atoms with E-state index in [1.54, 1.807) is 0 Å². The molecule has 152 valence electrons. The van der Waals surface area contributed by atoms with Gasteiger partial charge in [0.15, 0.2) is 0 Å². The third kappa shape index (κ3) is 12.2. The fraction of sp³-hybridized carbons (Fsp3) is 1.00. The Labute approximate surface area is 159 Å². The zero-order valence-corrected chi connectivity index (χ0v) is 17.1. The first-order valence-corrected chi connectivity index (χ1v) is 11.4. The van der Waals surface area contributed by atoms with Crippen LogP contribution in [0.2, 0.25) is 0 Å². The highest BCUT2D eigenvalue weighted by atomic mass is 32.2. The Hall–Kier alpha value is 0.190. The van der Waals surface area contributed by atoms with Crippen LogP contribution in [0.25, 0.3) is 0 Å². The summed E-state index contributed by atoms with van der Waals surface area (Å²) in [6.07, 6.45) is 14.1. The molecular weight excluding hydrogens is 336 g/mol. The molecule has 0 saturated carbocycles. The number of hydrogen-bond donors (Lipinski definition) is 4. The lowest BCUT2D eigenvalue weighted by atomic mass is 9.82. The van der Waals surface area contributed by atoms with Gasteiger partial charge < -0.3 is 20.4 Å². The first-order valence-electron chi connectivity index (χ1n) is 10.2. The molecule has 0 rings (SSSR count). The first kappa shape index (κ1) is 25.2. The van der Waals surface area contributed by atoms with Gasteiger partial charge in [0.25, 0.3) is 0 Å². The van der Waals surface area contributed by atoms with Gasteiger partial charge >= 0.3 is 0 Å². The topological polar surface area (TPSA) is 80.9 Å². The second-order valence-electron chi connectivity index (χ2n) is 7.29. The van der Waals surface area contributed by atoms with Crippen LogP contribution >= 0.6 is 11.8 Å². The summed E-state index contributed by atoms with van der Waals surface area (Å²) in [4.78, 5) is 0. The van der Waals surface area contributed by atoms with Crippen molar-refractivity contribution in [3.05, 3.63) is 0 Å². The molecule has 0 spiro atoms. The van der Waals surface area contributed by atoms with Crippen LogP contribution in [-0.4, -0.2) is 57.9 Å². The summed E-state index contributed by atoms with van der Waals surface area (Å²) in [6.45, 7) is 1.07. The molecule has 0 aliphatic heterocycles. The summed E-state index contributed by atoms with van der Waals surface area (Å²) in [7, 11) is 0. The Kier molecular flexibility index (Phi) is 17.7. The largest absolute Gasteiger partial charge is 0.396 e. The van der Waals surface area contributed by atoms with Crippen LogP contribution in [0.5, 0.6) is 0 Å². The Morgan fingerprint density at radius 3 is 1.60 bits per heavy atom. The molecule has 0 aliphatic carbocycles. The maximum absolute atomic E-state index is 10.1. The van der Waals surface area contributed by atoms with Crippen molar-refractivity contribution in [2.75, 3.05) is 31.3 Å². The molecule has 0 aromatic heterocycles. The molecule has 25 heavy (non-hydrogen) atoms. The molecule has 0 aromatic carbocycles. The highest BCUT2D eigenvalue weighted by Crippen LogP contribution is 2.24. The number of unbranched alkanes of at least 4 members (excludes halogenated alkanes) is 9. The highest BCUT2D eigenvalue weighted by molar-refractivity contribution is 7.99. The lowest BCUT2D eigenvalue weighted by Gasteiger charge is -2.32. The van der Waals surface area contributed by atoms with Gasteiger partial charge in [-0.25, -0.2) is 0 Å². The molecule has 5 heteroatoms. The fourth-order valence-electron chi connectivity index (χ4n) is 2.94. The molecule has 0 saturated heterocycles. The van der Waals surface area contributed by atoms with E-state index < -0.39 is 31.3 Å². The quantitative estimate of drug-likeness (QED) is 0.257. The van der Waals surface area contributed by atoms with Crippen LogP contribution in [0.3, 0.4) is 0 Å². The zero-order valence-electron chi connectivity index (χ0n) is 16.3. The van der Waals surface area contributed by atoms with Crippen molar-refractivity contribution in [3.63, 3.8) is 0 Å². The van der Waals surface area contributed by atoms with Gasteiger partial charge in [0.2, 0.25) is 0 Å². The molecule has 0 radical (unpaired) electrons. The van der Waals surface area contributed by atoms with Crippen molar-refractivity contribution >= 4 is 11.8 Å². The predicted molar refractivity (Wildman–Crippen MR) is 108 cm³/mol. The van der Waals surface area contributed by atoms with Crippen LogP contribution in [0.15, 0.2) is 0 Å². The van der Waals surface area contributed by atoms with Crippen LogP contribution < -0.4 is 0 Å². The van der Waals surface area contributed by atoms with Crippen molar-refractivity contribution in [2.24, 2.45) is 5.41 Å². The van der Waals surface area contributed by atoms with Gasteiger partial charge in [-0.3, -0.25) is 0 Å². The van der Waals surface area contributed by atoms with Gasteiger partial charge in [-0.15, -0.1) is 0 Å². The van der Waals surface area contributed by atoms with E-state index in [1.165, 1.54) is 64.2 Å². The smallest absolute Gasteiger partial charge is 0.0663 e. The maximum Gasteiger partial charge on any atom is 0.0663 e. The molecule has 0 heterocycles. The van der Waals surface area contributed by atoms with Gasteiger partial charge in [0.1, 0.15) is 0 Å². The Morgan fingerprint density at radius 2 is 1.12 bits per heavy atom. The molecule has 0 fully saturated rings. The van der Waals surface area contributed by atoms with Crippen LogP contribution in [0.4, 0.5) is 0 Å². The number of thioether (sulfide) groups is 1. The minimum Gasteiger partial charge on any atom is -0.396 e. The van der Waals surface area contributed by atoms with E-state index in [-0.39, 0.29) is 0 Å². The van der Waals surface area contributed by atoms with E-state index >= 15 is 0 Å². The molecule has 0 aliphatic rings. The number of aliphatic hydroxyl groups is 4. The molecule has 4 N–H and O–H groups in total. The number of aliphatic hydroxyl groups excluding tert-OH is 4. The van der Waals surface area contributed by atoms with E-state index in [1.807, 2.05) is 11.8 Å².